The van der Waals surface area contributed by atoms with Crippen molar-refractivity contribution in [2.45, 2.75) is 39.7 Å². The Morgan fingerprint density at radius 3 is 1.82 bits per heavy atom. The first-order valence-electron chi connectivity index (χ1n) is 8.58. The van der Waals surface area contributed by atoms with E-state index in [2.05, 4.69) is 0 Å². The molecule has 0 heterocycles. The van der Waals surface area contributed by atoms with Gasteiger partial charge in [-0.15, -0.1) is 0 Å². The SMILES string of the molecule is CCCN(CC(OCC)OCC)c1c([N+](=O)[O-])cc(C(F)(F)F)cc1[N+](=O)[O-]. The number of anilines is 1. The summed E-state index contributed by atoms with van der Waals surface area (Å²) < 4.78 is 50.0. The van der Waals surface area contributed by atoms with Crippen molar-refractivity contribution in [3.63, 3.8) is 0 Å². The normalized spacial score (nSPS) is 11.7. The molecule has 28 heavy (non-hydrogen) atoms. The van der Waals surface area contributed by atoms with Gasteiger partial charge < -0.3 is 14.4 Å². The molecule has 0 aromatic heterocycles. The number of nitro groups is 2. The van der Waals surface area contributed by atoms with E-state index in [4.69, 9.17) is 9.47 Å². The third-order valence-electron chi connectivity index (χ3n) is 3.67. The molecule has 12 heteroatoms. The maximum atomic E-state index is 13.1. The Hall–Kier alpha value is -2.47. The first-order valence-corrected chi connectivity index (χ1v) is 8.58. The number of nitrogens with zero attached hydrogens (tertiary/aromatic N) is 3. The van der Waals surface area contributed by atoms with Crippen LogP contribution in [0.15, 0.2) is 12.1 Å². The summed E-state index contributed by atoms with van der Waals surface area (Å²) in [5.74, 6) is 0. The standard InChI is InChI=1S/C16H22F3N3O6/c1-4-7-20(10-14(27-5-2)28-6-3)15-12(21(23)24)8-11(16(17,18)19)9-13(15)22(25)26/h8-9,14H,4-7,10H2,1-3H3. The van der Waals surface area contributed by atoms with E-state index in [0.29, 0.717) is 18.6 Å². The van der Waals surface area contributed by atoms with Crippen LogP contribution in [0.2, 0.25) is 0 Å². The van der Waals surface area contributed by atoms with Crippen molar-refractivity contribution in [2.75, 3.05) is 31.2 Å². The molecule has 9 nitrogen and oxygen atoms in total. The maximum absolute atomic E-state index is 13.1. The summed E-state index contributed by atoms with van der Waals surface area (Å²) in [6.45, 7) is 5.61. The minimum atomic E-state index is -4.97. The molecule has 158 valence electrons. The second kappa shape index (κ2) is 10.2. The number of benzene rings is 1. The Morgan fingerprint density at radius 1 is 1.04 bits per heavy atom. The molecule has 1 aromatic carbocycles. The van der Waals surface area contributed by atoms with Gasteiger partial charge in [-0.1, -0.05) is 6.92 Å². The average Bonchev–Trinajstić information content (AvgIpc) is 2.59. The van der Waals surface area contributed by atoms with Crippen LogP contribution >= 0.6 is 0 Å². The summed E-state index contributed by atoms with van der Waals surface area (Å²) in [7, 11) is 0. The average molecular weight is 409 g/mol. The Balaban J connectivity index is 3.61. The molecule has 0 saturated carbocycles. The number of halogens is 3. The molecular weight excluding hydrogens is 387 g/mol. The number of rotatable bonds is 11. The van der Waals surface area contributed by atoms with Crippen molar-refractivity contribution in [1.82, 2.24) is 0 Å². The highest BCUT2D eigenvalue weighted by atomic mass is 19.4. The van der Waals surface area contributed by atoms with Gasteiger partial charge in [0, 0.05) is 31.9 Å². The molecule has 0 bridgehead atoms. The first kappa shape index (κ1) is 23.6. The van der Waals surface area contributed by atoms with Gasteiger partial charge in [0.15, 0.2) is 12.0 Å². The van der Waals surface area contributed by atoms with E-state index < -0.39 is 44.9 Å². The number of alkyl halides is 3. The zero-order valence-corrected chi connectivity index (χ0v) is 15.7. The van der Waals surface area contributed by atoms with E-state index in [1.165, 1.54) is 4.90 Å². The molecule has 1 rings (SSSR count). The molecule has 0 amide bonds. The van der Waals surface area contributed by atoms with Crippen molar-refractivity contribution in [3.05, 3.63) is 37.9 Å². The Labute approximate surface area is 159 Å². The lowest BCUT2D eigenvalue weighted by atomic mass is 10.1. The summed E-state index contributed by atoms with van der Waals surface area (Å²) in [5, 5.41) is 22.9. The fraction of sp³-hybridized carbons (Fsp3) is 0.625. The van der Waals surface area contributed by atoms with Gasteiger partial charge >= 0.3 is 6.18 Å². The van der Waals surface area contributed by atoms with E-state index in [1.54, 1.807) is 20.8 Å². The fourth-order valence-corrected chi connectivity index (χ4v) is 2.64. The molecule has 0 saturated heterocycles. The molecule has 0 atom stereocenters. The second-order valence-electron chi connectivity index (χ2n) is 5.66. The predicted molar refractivity (Wildman–Crippen MR) is 94.3 cm³/mol. The van der Waals surface area contributed by atoms with E-state index in [1.807, 2.05) is 0 Å². The monoisotopic (exact) mass is 409 g/mol. The van der Waals surface area contributed by atoms with Crippen LogP contribution in [0.25, 0.3) is 0 Å². The van der Waals surface area contributed by atoms with Crippen LogP contribution in [0.3, 0.4) is 0 Å². The van der Waals surface area contributed by atoms with Gasteiger partial charge in [-0.3, -0.25) is 20.2 Å². The van der Waals surface area contributed by atoms with Crippen LogP contribution in [0, 0.1) is 20.2 Å². The lowest BCUT2D eigenvalue weighted by Gasteiger charge is -2.28. The maximum Gasteiger partial charge on any atom is 0.416 e. The lowest BCUT2D eigenvalue weighted by Crippen LogP contribution is -2.37. The first-order chi connectivity index (χ1) is 13.1. The van der Waals surface area contributed by atoms with E-state index in [-0.39, 0.29) is 26.3 Å². The number of hydrogen-bond acceptors (Lipinski definition) is 7. The third kappa shape index (κ3) is 6.02. The van der Waals surface area contributed by atoms with Gasteiger partial charge in [0.05, 0.1) is 22.0 Å². The Morgan fingerprint density at radius 2 is 1.50 bits per heavy atom. The summed E-state index contributed by atoms with van der Waals surface area (Å²) in [6.07, 6.45) is -5.40. The highest BCUT2D eigenvalue weighted by molar-refractivity contribution is 5.76. The van der Waals surface area contributed by atoms with Crippen LogP contribution in [-0.2, 0) is 15.7 Å². The number of nitro benzene ring substituents is 2. The Bertz CT molecular complexity index is 658. The molecule has 0 unspecified atom stereocenters. The smallest absolute Gasteiger partial charge is 0.355 e. The molecular formula is C16H22F3N3O6. The second-order valence-corrected chi connectivity index (χ2v) is 5.66. The van der Waals surface area contributed by atoms with Crippen LogP contribution in [-0.4, -0.2) is 42.4 Å². The third-order valence-corrected chi connectivity index (χ3v) is 3.67. The van der Waals surface area contributed by atoms with Crippen molar-refractivity contribution in [2.24, 2.45) is 0 Å². The molecule has 0 fully saturated rings. The van der Waals surface area contributed by atoms with Gasteiger partial charge in [0.25, 0.3) is 11.4 Å². The predicted octanol–water partition coefficient (Wildman–Crippen LogP) is 4.14. The van der Waals surface area contributed by atoms with Crippen LogP contribution in [0.1, 0.15) is 32.8 Å². The largest absolute Gasteiger partial charge is 0.416 e. The van der Waals surface area contributed by atoms with Gasteiger partial charge in [-0.2, -0.15) is 13.2 Å². The molecule has 0 aliphatic rings. The highest BCUT2D eigenvalue weighted by Gasteiger charge is 2.39. The van der Waals surface area contributed by atoms with Crippen molar-refractivity contribution >= 4 is 17.1 Å². The van der Waals surface area contributed by atoms with E-state index in [0.717, 1.165) is 0 Å². The van der Waals surface area contributed by atoms with E-state index in [9.17, 15) is 33.4 Å². The minimum Gasteiger partial charge on any atom is -0.355 e. The van der Waals surface area contributed by atoms with Crippen LogP contribution in [0.4, 0.5) is 30.2 Å². The summed E-state index contributed by atoms with van der Waals surface area (Å²) >= 11 is 0. The van der Waals surface area contributed by atoms with E-state index >= 15 is 0 Å². The summed E-state index contributed by atoms with van der Waals surface area (Å²) in [5.41, 5.74) is -3.96. The Kier molecular flexibility index (Phi) is 8.57. The molecule has 0 aliphatic heterocycles. The van der Waals surface area contributed by atoms with Gasteiger partial charge in [0.2, 0.25) is 0 Å². The minimum absolute atomic E-state index is 0.115. The van der Waals surface area contributed by atoms with Crippen molar-refractivity contribution in [3.8, 4) is 0 Å². The zero-order valence-electron chi connectivity index (χ0n) is 15.7. The lowest BCUT2D eigenvalue weighted by molar-refractivity contribution is -0.393. The van der Waals surface area contributed by atoms with Gasteiger partial charge in [-0.05, 0) is 20.3 Å². The van der Waals surface area contributed by atoms with Gasteiger partial charge in [-0.25, -0.2) is 0 Å². The fourth-order valence-electron chi connectivity index (χ4n) is 2.64. The zero-order chi connectivity index (χ0) is 21.5. The van der Waals surface area contributed by atoms with Crippen LogP contribution < -0.4 is 4.90 Å². The van der Waals surface area contributed by atoms with Crippen LogP contribution in [0.5, 0.6) is 0 Å². The molecule has 1 aromatic rings. The molecule has 0 spiro atoms. The summed E-state index contributed by atoms with van der Waals surface area (Å²) in [4.78, 5) is 22.0. The topological polar surface area (TPSA) is 108 Å². The number of hydrogen-bond donors (Lipinski definition) is 0. The van der Waals surface area contributed by atoms with Crippen molar-refractivity contribution < 1.29 is 32.5 Å². The number of ether oxygens (including phenoxy) is 2. The van der Waals surface area contributed by atoms with Crippen molar-refractivity contribution in [1.29, 1.82) is 0 Å². The highest BCUT2D eigenvalue weighted by Crippen LogP contribution is 2.43. The summed E-state index contributed by atoms with van der Waals surface area (Å²) in [6, 6.07) is 0.614. The quantitative estimate of drug-likeness (QED) is 0.307. The molecule has 0 aliphatic carbocycles. The molecule has 0 radical (unpaired) electrons. The van der Waals surface area contributed by atoms with Gasteiger partial charge in [0.1, 0.15) is 0 Å². The molecule has 0 N–H and O–H groups in total.